The summed E-state index contributed by atoms with van der Waals surface area (Å²) in [6.07, 6.45) is 7.59. The molecule has 3 unspecified atom stereocenters. The molecule has 1 heterocycles. The minimum Gasteiger partial charge on any atom is -0.465 e. The number of amides is 1. The highest BCUT2D eigenvalue weighted by Crippen LogP contribution is 2.39. The number of likely N-dealkylation sites (tertiary alicyclic amines) is 1. The van der Waals surface area contributed by atoms with E-state index in [0.29, 0.717) is 31.0 Å². The van der Waals surface area contributed by atoms with Gasteiger partial charge in [-0.25, -0.2) is 0 Å². The first kappa shape index (κ1) is 19.2. The second kappa shape index (κ2) is 8.84. The SMILES string of the molecule is CCC[C@H](NC(C)C(=O)N1C2CCCCC2C[C@H]1C)C(=O)OCC. The zero-order valence-corrected chi connectivity index (χ0v) is 15.7. The Morgan fingerprint density at radius 1 is 1.25 bits per heavy atom. The fourth-order valence-electron chi connectivity index (χ4n) is 4.49. The van der Waals surface area contributed by atoms with Crippen molar-refractivity contribution in [3.05, 3.63) is 0 Å². The minimum absolute atomic E-state index is 0.141. The van der Waals surface area contributed by atoms with Crippen LogP contribution in [0.15, 0.2) is 0 Å². The van der Waals surface area contributed by atoms with Gasteiger partial charge in [-0.2, -0.15) is 0 Å². The maximum Gasteiger partial charge on any atom is 0.323 e. The average molecular weight is 338 g/mol. The molecule has 2 rings (SSSR count). The second-order valence-corrected chi connectivity index (χ2v) is 7.42. The van der Waals surface area contributed by atoms with E-state index in [1.54, 1.807) is 0 Å². The number of hydrogen-bond acceptors (Lipinski definition) is 4. The molecule has 1 amide bonds. The zero-order chi connectivity index (χ0) is 17.7. The van der Waals surface area contributed by atoms with Crippen molar-refractivity contribution >= 4 is 11.9 Å². The van der Waals surface area contributed by atoms with E-state index in [-0.39, 0.29) is 17.9 Å². The van der Waals surface area contributed by atoms with Crippen LogP contribution in [0.1, 0.15) is 72.6 Å². The second-order valence-electron chi connectivity index (χ2n) is 7.42. The predicted molar refractivity (Wildman–Crippen MR) is 94.6 cm³/mol. The number of nitrogens with zero attached hydrogens (tertiary/aromatic N) is 1. The molecule has 0 radical (unpaired) electrons. The highest BCUT2D eigenvalue weighted by molar-refractivity contribution is 5.84. The molecule has 0 aromatic carbocycles. The zero-order valence-electron chi connectivity index (χ0n) is 15.7. The number of carbonyl (C=O) groups excluding carboxylic acids is 2. The molecule has 1 N–H and O–H groups in total. The lowest BCUT2D eigenvalue weighted by molar-refractivity contribution is -0.146. The third kappa shape index (κ3) is 4.29. The molecule has 2 aliphatic rings. The van der Waals surface area contributed by atoms with Crippen LogP contribution in [0, 0.1) is 5.92 Å². The third-order valence-corrected chi connectivity index (χ3v) is 5.57. The van der Waals surface area contributed by atoms with E-state index < -0.39 is 6.04 Å². The summed E-state index contributed by atoms with van der Waals surface area (Å²) in [5, 5.41) is 3.23. The Balaban J connectivity index is 2.00. The molecule has 0 aromatic heterocycles. The van der Waals surface area contributed by atoms with Gasteiger partial charge in [0.05, 0.1) is 12.6 Å². The van der Waals surface area contributed by atoms with Gasteiger partial charge < -0.3 is 9.64 Å². The van der Waals surface area contributed by atoms with E-state index in [4.69, 9.17) is 4.74 Å². The van der Waals surface area contributed by atoms with Crippen molar-refractivity contribution in [2.45, 2.75) is 96.8 Å². The van der Waals surface area contributed by atoms with Crippen LogP contribution in [0.5, 0.6) is 0 Å². The number of ether oxygens (including phenoxy) is 1. The Bertz CT molecular complexity index is 440. The molecule has 2 fully saturated rings. The Kier molecular flexibility index (Phi) is 7.08. The maximum absolute atomic E-state index is 13.0. The first-order chi connectivity index (χ1) is 11.5. The van der Waals surface area contributed by atoms with Crippen molar-refractivity contribution in [1.82, 2.24) is 10.2 Å². The molecule has 0 spiro atoms. The van der Waals surface area contributed by atoms with E-state index in [0.717, 1.165) is 19.3 Å². The van der Waals surface area contributed by atoms with Crippen LogP contribution >= 0.6 is 0 Å². The van der Waals surface area contributed by atoms with Gasteiger partial charge in [0, 0.05) is 12.1 Å². The largest absolute Gasteiger partial charge is 0.465 e. The van der Waals surface area contributed by atoms with Gasteiger partial charge in [-0.3, -0.25) is 14.9 Å². The molecule has 5 heteroatoms. The first-order valence-corrected chi connectivity index (χ1v) is 9.74. The van der Waals surface area contributed by atoms with E-state index in [1.807, 2.05) is 20.8 Å². The van der Waals surface area contributed by atoms with Gasteiger partial charge in [0.25, 0.3) is 0 Å². The summed E-state index contributed by atoms with van der Waals surface area (Å²) in [6.45, 7) is 8.26. The highest BCUT2D eigenvalue weighted by Gasteiger charge is 2.43. The summed E-state index contributed by atoms with van der Waals surface area (Å²) in [7, 11) is 0. The lowest BCUT2D eigenvalue weighted by atomic mass is 9.85. The Morgan fingerprint density at radius 2 is 1.96 bits per heavy atom. The van der Waals surface area contributed by atoms with E-state index >= 15 is 0 Å². The lowest BCUT2D eigenvalue weighted by Gasteiger charge is -2.35. The van der Waals surface area contributed by atoms with Crippen molar-refractivity contribution in [3.8, 4) is 0 Å². The summed E-state index contributed by atoms with van der Waals surface area (Å²) >= 11 is 0. The number of hydrogen-bond donors (Lipinski definition) is 1. The first-order valence-electron chi connectivity index (χ1n) is 9.74. The molecule has 138 valence electrons. The highest BCUT2D eigenvalue weighted by atomic mass is 16.5. The molecule has 1 saturated carbocycles. The normalized spacial score (nSPS) is 29.0. The van der Waals surface area contributed by atoms with E-state index in [2.05, 4.69) is 17.1 Å². The van der Waals surface area contributed by atoms with Crippen molar-refractivity contribution in [2.75, 3.05) is 6.61 Å². The molecule has 1 aliphatic carbocycles. The average Bonchev–Trinajstić information content (AvgIpc) is 2.89. The fraction of sp³-hybridized carbons (Fsp3) is 0.895. The molecular formula is C19H34N2O3. The van der Waals surface area contributed by atoms with Crippen LogP contribution in [0.4, 0.5) is 0 Å². The summed E-state index contributed by atoms with van der Waals surface area (Å²) in [4.78, 5) is 27.2. The quantitative estimate of drug-likeness (QED) is 0.725. The predicted octanol–water partition coefficient (Wildman–Crippen LogP) is 2.88. The Labute approximate surface area is 146 Å². The van der Waals surface area contributed by atoms with Crippen molar-refractivity contribution in [2.24, 2.45) is 5.92 Å². The molecule has 0 aromatic rings. The van der Waals surface area contributed by atoms with Crippen LogP contribution in [0.3, 0.4) is 0 Å². The molecule has 5 atom stereocenters. The number of nitrogens with one attached hydrogen (secondary N) is 1. The molecule has 5 nitrogen and oxygen atoms in total. The topological polar surface area (TPSA) is 58.6 Å². The molecule has 0 bridgehead atoms. The van der Waals surface area contributed by atoms with Gasteiger partial charge >= 0.3 is 5.97 Å². The summed E-state index contributed by atoms with van der Waals surface area (Å²) in [5.74, 6) is 0.563. The number of carbonyl (C=O) groups is 2. The third-order valence-electron chi connectivity index (χ3n) is 5.57. The van der Waals surface area contributed by atoms with Gasteiger partial charge in [0.15, 0.2) is 0 Å². The van der Waals surface area contributed by atoms with Gasteiger partial charge in [-0.05, 0) is 52.4 Å². The molecule has 1 saturated heterocycles. The van der Waals surface area contributed by atoms with Crippen LogP contribution in [0.25, 0.3) is 0 Å². The van der Waals surface area contributed by atoms with Gasteiger partial charge in [-0.15, -0.1) is 0 Å². The van der Waals surface area contributed by atoms with Crippen LogP contribution in [-0.4, -0.2) is 47.6 Å². The van der Waals surface area contributed by atoms with Crippen LogP contribution in [0.2, 0.25) is 0 Å². The Morgan fingerprint density at radius 3 is 2.62 bits per heavy atom. The molecular weight excluding hydrogens is 304 g/mol. The van der Waals surface area contributed by atoms with Crippen molar-refractivity contribution < 1.29 is 14.3 Å². The smallest absolute Gasteiger partial charge is 0.323 e. The van der Waals surface area contributed by atoms with Crippen molar-refractivity contribution in [3.63, 3.8) is 0 Å². The van der Waals surface area contributed by atoms with Gasteiger partial charge in [0.1, 0.15) is 6.04 Å². The number of esters is 1. The fourth-order valence-corrected chi connectivity index (χ4v) is 4.49. The summed E-state index contributed by atoms with van der Waals surface area (Å²) in [6, 6.07) is -0.0390. The molecule has 1 aliphatic heterocycles. The summed E-state index contributed by atoms with van der Waals surface area (Å²) in [5.41, 5.74) is 0. The maximum atomic E-state index is 13.0. The molecule has 24 heavy (non-hydrogen) atoms. The number of rotatable bonds is 7. The lowest BCUT2D eigenvalue weighted by Crippen LogP contribution is -2.54. The van der Waals surface area contributed by atoms with Crippen LogP contribution < -0.4 is 5.32 Å². The monoisotopic (exact) mass is 338 g/mol. The van der Waals surface area contributed by atoms with E-state index in [1.165, 1.54) is 19.3 Å². The van der Waals surface area contributed by atoms with Gasteiger partial charge in [-0.1, -0.05) is 26.2 Å². The van der Waals surface area contributed by atoms with Crippen molar-refractivity contribution in [1.29, 1.82) is 0 Å². The standard InChI is InChI=1S/C19H34N2O3/c1-5-9-16(19(23)24-6-2)20-14(4)18(22)21-13(3)12-15-10-7-8-11-17(15)21/h13-17,20H,5-12H2,1-4H3/t13-,14?,15?,16+,17?/m1/s1. The Hall–Kier alpha value is -1.10. The number of fused-ring (bicyclic) bond motifs is 1. The van der Waals surface area contributed by atoms with Crippen LogP contribution in [-0.2, 0) is 14.3 Å². The summed E-state index contributed by atoms with van der Waals surface area (Å²) < 4.78 is 5.14. The minimum atomic E-state index is -0.394. The van der Waals surface area contributed by atoms with E-state index in [9.17, 15) is 9.59 Å². The van der Waals surface area contributed by atoms with Gasteiger partial charge in [0.2, 0.25) is 5.91 Å².